The quantitative estimate of drug-likeness (QED) is 0.834. The molecule has 3 nitrogen and oxygen atoms in total. The molecule has 0 aromatic heterocycles. The SMILES string of the molecule is Cc1ccccc1NC(=O)CCNc1cc(Cl)cc(Cl)c1. The average molecular weight is 323 g/mol. The van der Waals surface area contributed by atoms with E-state index in [9.17, 15) is 4.79 Å². The van der Waals surface area contributed by atoms with Crippen molar-refractivity contribution in [1.82, 2.24) is 0 Å². The van der Waals surface area contributed by atoms with E-state index in [1.54, 1.807) is 18.2 Å². The zero-order valence-electron chi connectivity index (χ0n) is 11.6. The molecule has 21 heavy (non-hydrogen) atoms. The fourth-order valence-electron chi connectivity index (χ4n) is 1.90. The summed E-state index contributed by atoms with van der Waals surface area (Å²) in [5.74, 6) is -0.0371. The Hall–Kier alpha value is -1.71. The molecule has 0 unspecified atom stereocenters. The second kappa shape index (κ2) is 7.34. The van der Waals surface area contributed by atoms with E-state index in [0.29, 0.717) is 23.0 Å². The van der Waals surface area contributed by atoms with Crippen LogP contribution in [0.5, 0.6) is 0 Å². The maximum atomic E-state index is 11.9. The topological polar surface area (TPSA) is 41.1 Å². The Labute approximate surface area is 134 Å². The summed E-state index contributed by atoms with van der Waals surface area (Å²) >= 11 is 11.8. The Morgan fingerprint density at radius 3 is 2.43 bits per heavy atom. The molecule has 0 saturated heterocycles. The summed E-state index contributed by atoms with van der Waals surface area (Å²) < 4.78 is 0. The van der Waals surface area contributed by atoms with Crippen molar-refractivity contribution in [1.29, 1.82) is 0 Å². The molecule has 0 aliphatic rings. The number of hydrogen-bond acceptors (Lipinski definition) is 2. The minimum absolute atomic E-state index is 0.0371. The predicted molar refractivity (Wildman–Crippen MR) is 89.4 cm³/mol. The number of carbonyl (C=O) groups excluding carboxylic acids is 1. The van der Waals surface area contributed by atoms with Gasteiger partial charge >= 0.3 is 0 Å². The van der Waals surface area contributed by atoms with Gasteiger partial charge in [-0.25, -0.2) is 0 Å². The van der Waals surface area contributed by atoms with Gasteiger partial charge in [0, 0.05) is 34.4 Å². The van der Waals surface area contributed by atoms with E-state index >= 15 is 0 Å². The van der Waals surface area contributed by atoms with Gasteiger partial charge in [-0.1, -0.05) is 41.4 Å². The van der Waals surface area contributed by atoms with Crippen LogP contribution in [-0.2, 0) is 4.79 Å². The normalized spacial score (nSPS) is 10.2. The molecule has 2 aromatic rings. The van der Waals surface area contributed by atoms with Crippen molar-refractivity contribution in [2.45, 2.75) is 13.3 Å². The summed E-state index contributed by atoms with van der Waals surface area (Å²) in [7, 11) is 0. The highest BCUT2D eigenvalue weighted by Crippen LogP contribution is 2.22. The summed E-state index contributed by atoms with van der Waals surface area (Å²) in [5.41, 5.74) is 2.69. The molecule has 0 spiro atoms. The zero-order chi connectivity index (χ0) is 15.2. The van der Waals surface area contributed by atoms with Crippen molar-refractivity contribution in [3.63, 3.8) is 0 Å². The highest BCUT2D eigenvalue weighted by Gasteiger charge is 2.04. The molecule has 0 aliphatic heterocycles. The minimum Gasteiger partial charge on any atom is -0.384 e. The van der Waals surface area contributed by atoms with Gasteiger partial charge in [0.1, 0.15) is 0 Å². The molecule has 0 radical (unpaired) electrons. The maximum Gasteiger partial charge on any atom is 0.226 e. The molecule has 2 rings (SSSR count). The van der Waals surface area contributed by atoms with Crippen molar-refractivity contribution in [3.05, 3.63) is 58.1 Å². The number of rotatable bonds is 5. The van der Waals surface area contributed by atoms with E-state index in [0.717, 1.165) is 16.9 Å². The van der Waals surface area contributed by atoms with E-state index in [2.05, 4.69) is 10.6 Å². The molecule has 0 fully saturated rings. The molecule has 0 atom stereocenters. The summed E-state index contributed by atoms with van der Waals surface area (Å²) in [4.78, 5) is 11.9. The highest BCUT2D eigenvalue weighted by atomic mass is 35.5. The number of hydrogen-bond donors (Lipinski definition) is 2. The average Bonchev–Trinajstić information content (AvgIpc) is 2.40. The van der Waals surface area contributed by atoms with Crippen LogP contribution in [0.1, 0.15) is 12.0 Å². The van der Waals surface area contributed by atoms with Crippen molar-refractivity contribution in [2.24, 2.45) is 0 Å². The van der Waals surface area contributed by atoms with Crippen LogP contribution in [0.3, 0.4) is 0 Å². The molecule has 5 heteroatoms. The number of amides is 1. The molecule has 1 amide bonds. The van der Waals surface area contributed by atoms with Gasteiger partial charge in [-0.15, -0.1) is 0 Å². The van der Waals surface area contributed by atoms with Crippen LogP contribution in [0.4, 0.5) is 11.4 Å². The Bertz CT molecular complexity index is 624. The monoisotopic (exact) mass is 322 g/mol. The fraction of sp³-hybridized carbons (Fsp3) is 0.188. The molecular weight excluding hydrogens is 307 g/mol. The molecule has 0 aliphatic carbocycles. The van der Waals surface area contributed by atoms with Gasteiger partial charge in [-0.2, -0.15) is 0 Å². The van der Waals surface area contributed by atoms with E-state index < -0.39 is 0 Å². The van der Waals surface area contributed by atoms with Crippen LogP contribution in [-0.4, -0.2) is 12.5 Å². The predicted octanol–water partition coefficient (Wildman–Crippen LogP) is 4.74. The Kier molecular flexibility index (Phi) is 5.48. The van der Waals surface area contributed by atoms with Gasteiger partial charge in [-0.3, -0.25) is 4.79 Å². The van der Waals surface area contributed by atoms with E-state index in [4.69, 9.17) is 23.2 Å². The first-order valence-electron chi connectivity index (χ1n) is 6.60. The largest absolute Gasteiger partial charge is 0.384 e. The summed E-state index contributed by atoms with van der Waals surface area (Å²) in [5, 5.41) is 7.14. The van der Waals surface area contributed by atoms with Crippen LogP contribution in [0.2, 0.25) is 10.0 Å². The van der Waals surface area contributed by atoms with Crippen LogP contribution < -0.4 is 10.6 Å². The summed E-state index contributed by atoms with van der Waals surface area (Å²) in [6, 6.07) is 12.9. The van der Waals surface area contributed by atoms with Gasteiger partial charge in [0.05, 0.1) is 0 Å². The molecule has 0 heterocycles. The summed E-state index contributed by atoms with van der Waals surface area (Å²) in [6.45, 7) is 2.47. The first-order valence-corrected chi connectivity index (χ1v) is 7.35. The number of halogens is 2. The lowest BCUT2D eigenvalue weighted by Crippen LogP contribution is -2.16. The lowest BCUT2D eigenvalue weighted by molar-refractivity contribution is -0.115. The van der Waals surface area contributed by atoms with Crippen molar-refractivity contribution in [3.8, 4) is 0 Å². The van der Waals surface area contributed by atoms with Gasteiger partial charge in [0.2, 0.25) is 5.91 Å². The molecular formula is C16H16Cl2N2O. The lowest BCUT2D eigenvalue weighted by Gasteiger charge is -2.09. The number of anilines is 2. The zero-order valence-corrected chi connectivity index (χ0v) is 13.1. The van der Waals surface area contributed by atoms with Gasteiger partial charge in [0.15, 0.2) is 0 Å². The molecule has 2 N–H and O–H groups in total. The van der Waals surface area contributed by atoms with Crippen LogP contribution in [0, 0.1) is 6.92 Å². The molecule has 110 valence electrons. The van der Waals surface area contributed by atoms with Gasteiger partial charge < -0.3 is 10.6 Å². The van der Waals surface area contributed by atoms with E-state index in [-0.39, 0.29) is 5.91 Å². The van der Waals surface area contributed by atoms with Crippen LogP contribution in [0.25, 0.3) is 0 Å². The Morgan fingerprint density at radius 1 is 1.10 bits per heavy atom. The number of para-hydroxylation sites is 1. The third-order valence-electron chi connectivity index (χ3n) is 2.96. The third-order valence-corrected chi connectivity index (χ3v) is 3.40. The van der Waals surface area contributed by atoms with Crippen LogP contribution >= 0.6 is 23.2 Å². The Morgan fingerprint density at radius 2 is 1.76 bits per heavy atom. The van der Waals surface area contributed by atoms with E-state index in [1.807, 2.05) is 31.2 Å². The van der Waals surface area contributed by atoms with Crippen molar-refractivity contribution >= 4 is 40.5 Å². The van der Waals surface area contributed by atoms with Crippen molar-refractivity contribution in [2.75, 3.05) is 17.2 Å². The number of aryl methyl sites for hydroxylation is 1. The first kappa shape index (κ1) is 15.7. The fourth-order valence-corrected chi connectivity index (χ4v) is 2.43. The molecule has 0 bridgehead atoms. The second-order valence-electron chi connectivity index (χ2n) is 4.70. The molecule has 2 aromatic carbocycles. The Balaban J connectivity index is 1.83. The van der Waals surface area contributed by atoms with Gasteiger partial charge in [0.25, 0.3) is 0 Å². The molecule has 0 saturated carbocycles. The van der Waals surface area contributed by atoms with E-state index in [1.165, 1.54) is 0 Å². The van der Waals surface area contributed by atoms with Crippen molar-refractivity contribution < 1.29 is 4.79 Å². The number of benzene rings is 2. The minimum atomic E-state index is -0.0371. The first-order chi connectivity index (χ1) is 10.0. The lowest BCUT2D eigenvalue weighted by atomic mass is 10.2. The smallest absolute Gasteiger partial charge is 0.226 e. The number of carbonyl (C=O) groups is 1. The maximum absolute atomic E-state index is 11.9. The third kappa shape index (κ3) is 4.96. The standard InChI is InChI=1S/C16H16Cl2N2O/c1-11-4-2-3-5-15(11)20-16(21)6-7-19-14-9-12(17)8-13(18)10-14/h2-5,8-10,19H,6-7H2,1H3,(H,20,21). The number of nitrogens with one attached hydrogen (secondary N) is 2. The van der Waals surface area contributed by atoms with Crippen LogP contribution in [0.15, 0.2) is 42.5 Å². The highest BCUT2D eigenvalue weighted by molar-refractivity contribution is 6.35. The van der Waals surface area contributed by atoms with Gasteiger partial charge in [-0.05, 0) is 36.8 Å². The second-order valence-corrected chi connectivity index (χ2v) is 5.57. The summed E-state index contributed by atoms with van der Waals surface area (Å²) in [6.07, 6.45) is 0.360.